The molecule has 128 valence electrons. The largest absolute Gasteiger partial charge is 0.355 e. The summed E-state index contributed by atoms with van der Waals surface area (Å²) in [7, 11) is 1.60. The van der Waals surface area contributed by atoms with Gasteiger partial charge in [0.05, 0.1) is 0 Å². The second-order valence-electron chi connectivity index (χ2n) is 5.87. The molecule has 1 heterocycles. The first-order chi connectivity index (χ1) is 12.2. The number of hydrogen-bond acceptors (Lipinski definition) is 2. The summed E-state index contributed by atoms with van der Waals surface area (Å²) in [5.41, 5.74) is 2.71. The number of amides is 2. The van der Waals surface area contributed by atoms with Gasteiger partial charge in [0.2, 0.25) is 5.91 Å². The van der Waals surface area contributed by atoms with Gasteiger partial charge >= 0.3 is 0 Å². The predicted octanol–water partition coefficient (Wildman–Crippen LogP) is 2.71. The van der Waals surface area contributed by atoms with Crippen LogP contribution in [0, 0.1) is 0 Å². The lowest BCUT2D eigenvalue weighted by atomic mass is 10.1. The fourth-order valence-electron chi connectivity index (χ4n) is 2.76. The molecule has 1 aromatic heterocycles. The van der Waals surface area contributed by atoms with E-state index in [0.29, 0.717) is 25.1 Å². The fraction of sp³-hybridized carbons (Fsp3) is 0.200. The summed E-state index contributed by atoms with van der Waals surface area (Å²) in [6.45, 7) is 1.11. The molecule has 3 rings (SSSR count). The summed E-state index contributed by atoms with van der Waals surface area (Å²) < 4.78 is 2.09. The Labute approximate surface area is 146 Å². The van der Waals surface area contributed by atoms with Crippen LogP contribution in [-0.4, -0.2) is 23.4 Å². The zero-order valence-corrected chi connectivity index (χ0v) is 14.2. The fourth-order valence-corrected chi connectivity index (χ4v) is 2.76. The zero-order chi connectivity index (χ0) is 17.6. The third-order valence-electron chi connectivity index (χ3n) is 4.19. The molecule has 0 aliphatic rings. The molecule has 0 bridgehead atoms. The highest BCUT2D eigenvalue weighted by Gasteiger charge is 2.06. The summed E-state index contributed by atoms with van der Waals surface area (Å²) in [5.74, 6) is -0.109. The summed E-state index contributed by atoms with van der Waals surface area (Å²) in [4.78, 5) is 23.6. The van der Waals surface area contributed by atoms with Crippen LogP contribution in [0.3, 0.4) is 0 Å². The second kappa shape index (κ2) is 7.66. The summed E-state index contributed by atoms with van der Waals surface area (Å²) in [6, 6.07) is 17.4. The van der Waals surface area contributed by atoms with Crippen molar-refractivity contribution in [3.8, 4) is 0 Å². The molecule has 0 unspecified atom stereocenters. The number of fused-ring (bicyclic) bond motifs is 1. The maximum Gasteiger partial charge on any atom is 0.251 e. The van der Waals surface area contributed by atoms with Crippen molar-refractivity contribution >= 4 is 22.7 Å². The van der Waals surface area contributed by atoms with E-state index in [9.17, 15) is 9.59 Å². The number of hydrogen-bond donors (Lipinski definition) is 2. The molecule has 2 N–H and O–H groups in total. The van der Waals surface area contributed by atoms with Crippen LogP contribution >= 0.6 is 0 Å². The van der Waals surface area contributed by atoms with Gasteiger partial charge in [-0.05, 0) is 35.2 Å². The normalized spacial score (nSPS) is 10.6. The van der Waals surface area contributed by atoms with Crippen LogP contribution in [0.1, 0.15) is 22.3 Å². The van der Waals surface area contributed by atoms with Crippen molar-refractivity contribution in [2.24, 2.45) is 0 Å². The van der Waals surface area contributed by atoms with E-state index in [1.807, 2.05) is 30.5 Å². The summed E-state index contributed by atoms with van der Waals surface area (Å²) >= 11 is 0. The Kier molecular flexibility index (Phi) is 5.14. The lowest BCUT2D eigenvalue weighted by molar-refractivity contribution is -0.121. The molecule has 0 aliphatic carbocycles. The third kappa shape index (κ3) is 4.07. The molecule has 0 aliphatic heterocycles. The van der Waals surface area contributed by atoms with Crippen LogP contribution in [0.15, 0.2) is 60.8 Å². The van der Waals surface area contributed by atoms with E-state index < -0.39 is 0 Å². The average Bonchev–Trinajstić information content (AvgIpc) is 3.07. The number of nitrogens with one attached hydrogen (secondary N) is 2. The van der Waals surface area contributed by atoms with Crippen LogP contribution in [0.2, 0.25) is 0 Å². The van der Waals surface area contributed by atoms with Crippen molar-refractivity contribution in [2.75, 3.05) is 7.05 Å². The standard InChI is InChI=1S/C20H21N3O2/c1-21-20(25)17-8-6-15(7-9-17)14-22-19(24)11-13-23-12-10-16-4-2-3-5-18(16)23/h2-10,12H,11,13-14H2,1H3,(H,21,25)(H,22,24). The molecular formula is C20H21N3O2. The highest BCUT2D eigenvalue weighted by molar-refractivity contribution is 5.93. The van der Waals surface area contributed by atoms with Gasteiger partial charge in [-0.1, -0.05) is 30.3 Å². The third-order valence-corrected chi connectivity index (χ3v) is 4.19. The smallest absolute Gasteiger partial charge is 0.251 e. The molecule has 0 atom stereocenters. The first kappa shape index (κ1) is 16.8. The van der Waals surface area contributed by atoms with Crippen LogP contribution in [-0.2, 0) is 17.9 Å². The van der Waals surface area contributed by atoms with Crippen molar-refractivity contribution < 1.29 is 9.59 Å². The molecule has 0 saturated carbocycles. The summed E-state index contributed by atoms with van der Waals surface area (Å²) in [5, 5.41) is 6.68. The second-order valence-corrected chi connectivity index (χ2v) is 5.87. The van der Waals surface area contributed by atoms with Crippen LogP contribution < -0.4 is 10.6 Å². The number of carbonyl (C=O) groups excluding carboxylic acids is 2. The van der Waals surface area contributed by atoms with Gasteiger partial charge in [-0.2, -0.15) is 0 Å². The zero-order valence-electron chi connectivity index (χ0n) is 14.2. The van der Waals surface area contributed by atoms with Gasteiger partial charge in [0.15, 0.2) is 0 Å². The number of para-hydroxylation sites is 1. The molecule has 5 nitrogen and oxygen atoms in total. The number of carbonyl (C=O) groups is 2. The van der Waals surface area contributed by atoms with Crippen LogP contribution in [0.25, 0.3) is 10.9 Å². The Morgan fingerprint density at radius 3 is 2.52 bits per heavy atom. The van der Waals surface area contributed by atoms with Gasteiger partial charge in [0.1, 0.15) is 0 Å². The Balaban J connectivity index is 1.50. The Hall–Kier alpha value is -3.08. The van der Waals surface area contributed by atoms with E-state index in [2.05, 4.69) is 33.4 Å². The molecule has 0 saturated heterocycles. The molecule has 0 radical (unpaired) electrons. The van der Waals surface area contributed by atoms with Gasteiger partial charge in [0.25, 0.3) is 5.91 Å². The highest BCUT2D eigenvalue weighted by Crippen LogP contribution is 2.15. The minimum atomic E-state index is -0.116. The first-order valence-corrected chi connectivity index (χ1v) is 8.29. The van der Waals surface area contributed by atoms with Crippen LogP contribution in [0.4, 0.5) is 0 Å². The molecule has 5 heteroatoms. The Morgan fingerprint density at radius 1 is 1.00 bits per heavy atom. The Bertz CT molecular complexity index is 881. The average molecular weight is 335 g/mol. The van der Waals surface area contributed by atoms with Gasteiger partial charge in [-0.3, -0.25) is 9.59 Å². The summed E-state index contributed by atoms with van der Waals surface area (Å²) in [6.07, 6.45) is 2.43. The SMILES string of the molecule is CNC(=O)c1ccc(CNC(=O)CCn2ccc3ccccc32)cc1. The molecule has 3 aromatic rings. The van der Waals surface area contributed by atoms with E-state index >= 15 is 0 Å². The number of rotatable bonds is 6. The van der Waals surface area contributed by atoms with E-state index in [0.717, 1.165) is 11.1 Å². The van der Waals surface area contributed by atoms with Crippen molar-refractivity contribution in [3.05, 3.63) is 71.9 Å². The van der Waals surface area contributed by atoms with Crippen molar-refractivity contribution in [1.82, 2.24) is 15.2 Å². The van der Waals surface area contributed by atoms with E-state index in [-0.39, 0.29) is 11.8 Å². The van der Waals surface area contributed by atoms with Crippen molar-refractivity contribution in [1.29, 1.82) is 0 Å². The van der Waals surface area contributed by atoms with Gasteiger partial charge < -0.3 is 15.2 Å². The molecule has 25 heavy (non-hydrogen) atoms. The van der Waals surface area contributed by atoms with Gasteiger partial charge in [0, 0.05) is 43.8 Å². The lowest BCUT2D eigenvalue weighted by Crippen LogP contribution is -2.24. The van der Waals surface area contributed by atoms with Crippen molar-refractivity contribution in [2.45, 2.75) is 19.5 Å². The number of aromatic nitrogens is 1. The van der Waals surface area contributed by atoms with Crippen molar-refractivity contribution in [3.63, 3.8) is 0 Å². The molecule has 2 amide bonds. The topological polar surface area (TPSA) is 63.1 Å². The van der Waals surface area contributed by atoms with E-state index in [1.165, 1.54) is 5.39 Å². The minimum absolute atomic E-state index is 0.00755. The minimum Gasteiger partial charge on any atom is -0.355 e. The lowest BCUT2D eigenvalue weighted by Gasteiger charge is -2.08. The molecule has 0 fully saturated rings. The maximum atomic E-state index is 12.1. The van der Waals surface area contributed by atoms with E-state index in [4.69, 9.17) is 0 Å². The highest BCUT2D eigenvalue weighted by atomic mass is 16.2. The quantitative estimate of drug-likeness (QED) is 0.727. The predicted molar refractivity (Wildman–Crippen MR) is 98.2 cm³/mol. The first-order valence-electron chi connectivity index (χ1n) is 8.29. The molecular weight excluding hydrogens is 314 g/mol. The Morgan fingerprint density at radius 2 is 1.76 bits per heavy atom. The van der Waals surface area contributed by atoms with E-state index in [1.54, 1.807) is 19.2 Å². The number of aryl methyl sites for hydroxylation is 1. The number of nitrogens with zero attached hydrogens (tertiary/aromatic N) is 1. The number of benzene rings is 2. The monoisotopic (exact) mass is 335 g/mol. The van der Waals surface area contributed by atoms with Crippen LogP contribution in [0.5, 0.6) is 0 Å². The van der Waals surface area contributed by atoms with Gasteiger partial charge in [-0.25, -0.2) is 0 Å². The maximum absolute atomic E-state index is 12.1. The van der Waals surface area contributed by atoms with Gasteiger partial charge in [-0.15, -0.1) is 0 Å². The molecule has 2 aromatic carbocycles. The molecule has 0 spiro atoms.